The Kier molecular flexibility index (Phi) is 11.0. The van der Waals surface area contributed by atoms with Crippen LogP contribution in [0.1, 0.15) is 37.7 Å². The Morgan fingerprint density at radius 1 is 0.781 bits per heavy atom. The van der Waals surface area contributed by atoms with Gasteiger partial charge in [-0.05, 0) is 24.8 Å². The zero-order valence-electron chi connectivity index (χ0n) is 18.9. The van der Waals surface area contributed by atoms with Crippen LogP contribution in [0.3, 0.4) is 0 Å². The fraction of sp³-hybridized carbons (Fsp3) is 0.609. The first-order valence-corrected chi connectivity index (χ1v) is 11.7. The number of benzene rings is 1. The summed E-state index contributed by atoms with van der Waals surface area (Å²) >= 11 is 0. The predicted octanol–water partition coefficient (Wildman–Crippen LogP) is 2.67. The summed E-state index contributed by atoms with van der Waals surface area (Å²) in [7, 11) is 0. The lowest BCUT2D eigenvalue weighted by Crippen LogP contribution is -2.24. The van der Waals surface area contributed by atoms with E-state index in [2.05, 4.69) is 55.2 Å². The van der Waals surface area contributed by atoms with Crippen molar-refractivity contribution in [1.29, 1.82) is 0 Å². The maximum absolute atomic E-state index is 5.57. The summed E-state index contributed by atoms with van der Waals surface area (Å²) in [6, 6.07) is 10.8. The van der Waals surface area contributed by atoms with Crippen molar-refractivity contribution in [2.45, 2.75) is 44.6 Å². The predicted molar refractivity (Wildman–Crippen MR) is 128 cm³/mol. The van der Waals surface area contributed by atoms with E-state index in [-0.39, 0.29) is 0 Å². The first-order valence-electron chi connectivity index (χ1n) is 11.7. The van der Waals surface area contributed by atoms with E-state index < -0.39 is 0 Å². The Labute approximate surface area is 190 Å². The number of nitrogens with zero attached hydrogens (tertiary/aromatic N) is 3. The molecule has 0 bridgehead atoms. The van der Waals surface area contributed by atoms with Crippen LogP contribution < -0.4 is 21.7 Å². The molecule has 5 N–H and O–H groups in total. The molecular formula is C23H37N7O2. The molecule has 9 nitrogen and oxygen atoms in total. The van der Waals surface area contributed by atoms with E-state index in [1.54, 1.807) is 0 Å². The van der Waals surface area contributed by atoms with Crippen molar-refractivity contribution >= 4 is 17.8 Å². The summed E-state index contributed by atoms with van der Waals surface area (Å²) in [5.74, 6) is 1.74. The van der Waals surface area contributed by atoms with Gasteiger partial charge in [0, 0.05) is 25.7 Å². The van der Waals surface area contributed by atoms with Gasteiger partial charge in [0.1, 0.15) is 0 Å². The normalized spacial score (nSPS) is 14.3. The maximum atomic E-state index is 5.57. The van der Waals surface area contributed by atoms with Crippen molar-refractivity contribution in [1.82, 2.24) is 15.0 Å². The average molecular weight is 444 g/mol. The molecule has 1 aliphatic rings. The number of aromatic nitrogens is 3. The van der Waals surface area contributed by atoms with Gasteiger partial charge in [-0.25, -0.2) is 0 Å². The molecule has 1 fully saturated rings. The monoisotopic (exact) mass is 443 g/mol. The highest BCUT2D eigenvalue weighted by Crippen LogP contribution is 2.21. The third-order valence-electron chi connectivity index (χ3n) is 5.28. The number of rotatable bonds is 15. The third kappa shape index (κ3) is 9.33. The molecular weight excluding hydrogens is 406 g/mol. The van der Waals surface area contributed by atoms with Gasteiger partial charge in [-0.3, -0.25) is 0 Å². The van der Waals surface area contributed by atoms with Crippen LogP contribution >= 0.6 is 0 Å². The van der Waals surface area contributed by atoms with E-state index in [1.807, 2.05) is 6.07 Å². The quantitative estimate of drug-likeness (QED) is 0.308. The molecule has 0 saturated heterocycles. The Hall–Kier alpha value is -2.49. The van der Waals surface area contributed by atoms with Crippen molar-refractivity contribution < 1.29 is 9.47 Å². The first-order chi connectivity index (χ1) is 15.8. The number of nitrogens with two attached hydrogens (primary N) is 1. The molecule has 32 heavy (non-hydrogen) atoms. The van der Waals surface area contributed by atoms with Crippen LogP contribution in [0.5, 0.6) is 0 Å². The third-order valence-corrected chi connectivity index (χ3v) is 5.28. The van der Waals surface area contributed by atoms with Gasteiger partial charge in [0.05, 0.1) is 26.4 Å². The Balaban J connectivity index is 1.51. The van der Waals surface area contributed by atoms with Crippen LogP contribution in [-0.4, -0.2) is 67.1 Å². The van der Waals surface area contributed by atoms with E-state index in [4.69, 9.17) is 15.2 Å². The van der Waals surface area contributed by atoms with E-state index in [0.29, 0.717) is 63.4 Å². The lowest BCUT2D eigenvalue weighted by molar-refractivity contribution is 0.0547. The number of anilines is 3. The van der Waals surface area contributed by atoms with E-state index in [9.17, 15) is 0 Å². The van der Waals surface area contributed by atoms with Gasteiger partial charge < -0.3 is 31.2 Å². The average Bonchev–Trinajstić information content (AvgIpc) is 2.82. The Bertz CT molecular complexity index is 757. The molecule has 1 saturated carbocycles. The zero-order valence-corrected chi connectivity index (χ0v) is 18.9. The van der Waals surface area contributed by atoms with Crippen LogP contribution in [0.15, 0.2) is 30.3 Å². The van der Waals surface area contributed by atoms with E-state index >= 15 is 0 Å². The second kappa shape index (κ2) is 14.5. The summed E-state index contributed by atoms with van der Waals surface area (Å²) in [6.07, 6.45) is 7.04. The largest absolute Gasteiger partial charge is 0.378 e. The smallest absolute Gasteiger partial charge is 0.229 e. The maximum Gasteiger partial charge on any atom is 0.229 e. The lowest BCUT2D eigenvalue weighted by Gasteiger charge is -2.23. The van der Waals surface area contributed by atoms with Gasteiger partial charge in [-0.15, -0.1) is 0 Å². The van der Waals surface area contributed by atoms with Crippen molar-refractivity contribution in [2.75, 3.05) is 62.0 Å². The minimum Gasteiger partial charge on any atom is -0.378 e. The number of hydrogen-bond acceptors (Lipinski definition) is 9. The van der Waals surface area contributed by atoms with Crippen molar-refractivity contribution in [3.8, 4) is 0 Å². The topological polar surface area (TPSA) is 119 Å². The van der Waals surface area contributed by atoms with Crippen molar-refractivity contribution in [3.05, 3.63) is 35.9 Å². The summed E-state index contributed by atoms with van der Waals surface area (Å²) in [6.45, 7) is 4.08. The van der Waals surface area contributed by atoms with Crippen LogP contribution in [0.4, 0.5) is 17.8 Å². The van der Waals surface area contributed by atoms with Gasteiger partial charge in [-0.1, -0.05) is 49.6 Å². The molecule has 0 amide bonds. The summed E-state index contributed by atoms with van der Waals surface area (Å²) in [5.41, 5.74) is 6.67. The molecule has 0 atom stereocenters. The standard InChI is InChI=1S/C23H37N7O2/c24-12-15-31-17-18-32-16-14-26-22-28-21(25-13-11-19-7-3-1-4-8-19)29-23(30-22)27-20-9-5-2-6-10-20/h1,3-4,7-8,20H,2,5-6,9-18,24H2,(H3,25,26,27,28,29,30). The molecule has 0 spiro atoms. The van der Waals surface area contributed by atoms with Gasteiger partial charge >= 0.3 is 0 Å². The molecule has 0 aliphatic heterocycles. The summed E-state index contributed by atoms with van der Waals surface area (Å²) < 4.78 is 10.9. The van der Waals surface area contributed by atoms with Crippen LogP contribution in [-0.2, 0) is 15.9 Å². The second-order valence-corrected chi connectivity index (χ2v) is 7.89. The molecule has 2 aromatic rings. The first kappa shape index (κ1) is 24.2. The van der Waals surface area contributed by atoms with Gasteiger partial charge in [0.2, 0.25) is 17.8 Å². The van der Waals surface area contributed by atoms with Gasteiger partial charge in [-0.2, -0.15) is 15.0 Å². The molecule has 1 aromatic heterocycles. The Morgan fingerprint density at radius 2 is 1.44 bits per heavy atom. The molecule has 3 rings (SSSR count). The number of ether oxygens (including phenoxy) is 2. The van der Waals surface area contributed by atoms with E-state index in [0.717, 1.165) is 25.8 Å². The molecule has 1 aliphatic carbocycles. The summed E-state index contributed by atoms with van der Waals surface area (Å²) in [5, 5.41) is 10.1. The number of hydrogen-bond donors (Lipinski definition) is 4. The van der Waals surface area contributed by atoms with Crippen LogP contribution in [0.2, 0.25) is 0 Å². The molecule has 0 unspecified atom stereocenters. The highest BCUT2D eigenvalue weighted by molar-refractivity contribution is 5.42. The molecule has 0 radical (unpaired) electrons. The lowest BCUT2D eigenvalue weighted by atomic mass is 9.96. The summed E-state index contributed by atoms with van der Waals surface area (Å²) in [4.78, 5) is 13.7. The van der Waals surface area contributed by atoms with E-state index in [1.165, 1.54) is 24.8 Å². The Morgan fingerprint density at radius 3 is 2.16 bits per heavy atom. The highest BCUT2D eigenvalue weighted by atomic mass is 16.5. The molecule has 1 heterocycles. The fourth-order valence-corrected chi connectivity index (χ4v) is 3.63. The SMILES string of the molecule is NCCOCCOCCNc1nc(NCCc2ccccc2)nc(NC2CCCCC2)n1. The highest BCUT2D eigenvalue weighted by Gasteiger charge is 2.15. The molecule has 9 heteroatoms. The number of nitrogens with one attached hydrogen (secondary N) is 3. The van der Waals surface area contributed by atoms with Crippen molar-refractivity contribution in [2.24, 2.45) is 5.73 Å². The van der Waals surface area contributed by atoms with Gasteiger partial charge in [0.15, 0.2) is 0 Å². The van der Waals surface area contributed by atoms with Crippen molar-refractivity contribution in [3.63, 3.8) is 0 Å². The van der Waals surface area contributed by atoms with Gasteiger partial charge in [0.25, 0.3) is 0 Å². The fourth-order valence-electron chi connectivity index (χ4n) is 3.63. The zero-order chi connectivity index (χ0) is 22.3. The van der Waals surface area contributed by atoms with Crippen LogP contribution in [0.25, 0.3) is 0 Å². The minimum absolute atomic E-state index is 0.424. The second-order valence-electron chi connectivity index (χ2n) is 7.89. The van der Waals surface area contributed by atoms with Crippen LogP contribution in [0, 0.1) is 0 Å². The minimum atomic E-state index is 0.424. The molecule has 176 valence electrons. The molecule has 1 aromatic carbocycles.